The van der Waals surface area contributed by atoms with Crippen LogP contribution in [0.5, 0.6) is 0 Å². The molecule has 0 saturated heterocycles. The van der Waals surface area contributed by atoms with Gasteiger partial charge in [0.2, 0.25) is 5.95 Å². The number of hydrogen-bond donors (Lipinski definition) is 4. The van der Waals surface area contributed by atoms with Crippen molar-refractivity contribution in [3.8, 4) is 0 Å². The molecule has 0 atom stereocenters. The summed E-state index contributed by atoms with van der Waals surface area (Å²) in [4.78, 5) is 21.6. The van der Waals surface area contributed by atoms with Crippen LogP contribution in [0.25, 0.3) is 0 Å². The van der Waals surface area contributed by atoms with E-state index in [0.29, 0.717) is 34.9 Å². The Labute approximate surface area is 190 Å². The molecule has 0 spiro atoms. The van der Waals surface area contributed by atoms with E-state index >= 15 is 0 Å². The van der Waals surface area contributed by atoms with Crippen molar-refractivity contribution >= 4 is 46.8 Å². The number of unbranched alkanes of at least 4 members (excludes halogenated alkanes) is 1. The first kappa shape index (κ1) is 22.0. The first-order valence-electron chi connectivity index (χ1n) is 10.5. The van der Waals surface area contributed by atoms with Crippen LogP contribution < -0.4 is 21.3 Å². The van der Waals surface area contributed by atoms with Crippen molar-refractivity contribution in [2.75, 3.05) is 27.8 Å². The predicted molar refractivity (Wildman–Crippen MR) is 126 cm³/mol. The summed E-state index contributed by atoms with van der Waals surface area (Å²) in [6, 6.07) is 10.6. The summed E-state index contributed by atoms with van der Waals surface area (Å²) in [7, 11) is 0. The molecule has 1 amide bonds. The minimum absolute atomic E-state index is 0.0863. The van der Waals surface area contributed by atoms with Crippen LogP contribution in [0.4, 0.5) is 43.7 Å². The molecule has 33 heavy (non-hydrogen) atoms. The third-order valence-corrected chi connectivity index (χ3v) is 5.23. The van der Waals surface area contributed by atoms with E-state index in [1.54, 1.807) is 41.3 Å². The van der Waals surface area contributed by atoms with Gasteiger partial charge in [-0.3, -0.25) is 5.32 Å². The Balaban J connectivity index is 1.68. The van der Waals surface area contributed by atoms with Gasteiger partial charge in [0.1, 0.15) is 6.61 Å². The summed E-state index contributed by atoms with van der Waals surface area (Å²) in [5, 5.41) is 13.5. The lowest BCUT2D eigenvalue weighted by Gasteiger charge is -2.26. The van der Waals surface area contributed by atoms with Crippen molar-refractivity contribution in [1.82, 2.24) is 9.97 Å². The molecule has 0 unspecified atom stereocenters. The number of aromatic nitrogens is 2. The number of anilines is 6. The van der Waals surface area contributed by atoms with Crippen molar-refractivity contribution in [2.45, 2.75) is 26.4 Å². The van der Waals surface area contributed by atoms with Gasteiger partial charge in [-0.05, 0) is 36.8 Å². The number of carbonyl (C=O) groups is 1. The number of amides is 1. The van der Waals surface area contributed by atoms with Crippen LogP contribution in [-0.2, 0) is 11.3 Å². The molecule has 0 saturated carbocycles. The maximum Gasteiger partial charge on any atom is 0.411 e. The molecule has 1 aliphatic heterocycles. The maximum atomic E-state index is 14.9. The molecule has 0 bridgehead atoms. The van der Waals surface area contributed by atoms with Gasteiger partial charge in [0.15, 0.2) is 11.6 Å². The van der Waals surface area contributed by atoms with Crippen molar-refractivity contribution in [1.29, 1.82) is 5.41 Å². The summed E-state index contributed by atoms with van der Waals surface area (Å²) in [6.45, 7) is 2.68. The number of nitrogen functional groups attached to an aromatic ring is 1. The van der Waals surface area contributed by atoms with E-state index in [9.17, 15) is 9.18 Å². The number of halogens is 1. The van der Waals surface area contributed by atoms with Gasteiger partial charge in [-0.25, -0.2) is 14.2 Å². The number of hydrogen-bond acceptors (Lipinski definition) is 8. The van der Waals surface area contributed by atoms with Gasteiger partial charge in [0.25, 0.3) is 0 Å². The number of ether oxygens (including phenoxy) is 1. The van der Waals surface area contributed by atoms with E-state index in [1.807, 2.05) is 6.92 Å². The number of benzene rings is 2. The number of nitrogens with zero attached hydrogens (tertiary/aromatic N) is 3. The van der Waals surface area contributed by atoms with Crippen LogP contribution in [0.2, 0.25) is 0 Å². The van der Waals surface area contributed by atoms with Gasteiger partial charge < -0.3 is 26.1 Å². The second-order valence-corrected chi connectivity index (χ2v) is 7.49. The lowest BCUT2D eigenvalue weighted by molar-refractivity contribution is 0.151. The van der Waals surface area contributed by atoms with E-state index in [0.717, 1.165) is 30.8 Å². The SMILES string of the molecule is CCCCN(c1cccc(N)c1C=N)c1nc(Nc2ccc3c(c2)COC(=O)N3)ncc1F. The van der Waals surface area contributed by atoms with Gasteiger partial charge in [0.05, 0.1) is 17.6 Å². The molecule has 1 aliphatic rings. The largest absolute Gasteiger partial charge is 0.444 e. The summed E-state index contributed by atoms with van der Waals surface area (Å²) in [6.07, 6.45) is 3.46. The second kappa shape index (κ2) is 9.51. The first-order valence-corrected chi connectivity index (χ1v) is 10.5. The molecule has 0 fully saturated rings. The van der Waals surface area contributed by atoms with Crippen LogP contribution in [0.1, 0.15) is 30.9 Å². The molecular weight excluding hydrogens is 425 g/mol. The van der Waals surface area contributed by atoms with Crippen molar-refractivity contribution in [3.63, 3.8) is 0 Å². The number of fused-ring (bicyclic) bond motifs is 1. The van der Waals surface area contributed by atoms with Gasteiger partial charge in [-0.15, -0.1) is 0 Å². The van der Waals surface area contributed by atoms with Crippen molar-refractivity contribution < 1.29 is 13.9 Å². The average Bonchev–Trinajstić information content (AvgIpc) is 2.81. The van der Waals surface area contributed by atoms with Crippen LogP contribution in [0.3, 0.4) is 0 Å². The fraction of sp³-hybridized carbons (Fsp3) is 0.217. The normalized spacial score (nSPS) is 12.4. The number of cyclic esters (lactones) is 1. The lowest BCUT2D eigenvalue weighted by Crippen LogP contribution is -2.23. The predicted octanol–water partition coefficient (Wildman–Crippen LogP) is 4.94. The molecule has 5 N–H and O–H groups in total. The Hall–Kier alpha value is -4.21. The third-order valence-electron chi connectivity index (χ3n) is 5.23. The highest BCUT2D eigenvalue weighted by molar-refractivity contribution is 5.94. The van der Waals surface area contributed by atoms with Crippen LogP contribution in [-0.4, -0.2) is 28.8 Å². The molecular formula is C23H24FN7O2. The second-order valence-electron chi connectivity index (χ2n) is 7.49. The molecule has 9 nitrogen and oxygen atoms in total. The molecule has 2 aromatic carbocycles. The van der Waals surface area contributed by atoms with E-state index < -0.39 is 11.9 Å². The highest BCUT2D eigenvalue weighted by Gasteiger charge is 2.21. The molecule has 10 heteroatoms. The fourth-order valence-electron chi connectivity index (χ4n) is 3.56. The Morgan fingerprint density at radius 3 is 3.00 bits per heavy atom. The molecule has 3 aromatic rings. The van der Waals surface area contributed by atoms with E-state index in [2.05, 4.69) is 20.6 Å². The Morgan fingerprint density at radius 2 is 2.21 bits per heavy atom. The Morgan fingerprint density at radius 1 is 1.36 bits per heavy atom. The maximum absolute atomic E-state index is 14.9. The standard InChI is InChI=1S/C23H24FN7O2/c1-2-3-9-31(20-6-4-5-18(26)16(20)11-25)21-17(24)12-27-22(30-21)28-15-7-8-19-14(10-15)13-33-23(32)29-19/h4-8,10-12,25H,2-3,9,13,26H2,1H3,(H,29,32)(H,27,28,30). The fourth-order valence-corrected chi connectivity index (χ4v) is 3.56. The van der Waals surface area contributed by atoms with Crippen LogP contribution in [0.15, 0.2) is 42.6 Å². The minimum Gasteiger partial charge on any atom is -0.444 e. The molecule has 2 heterocycles. The number of nitrogens with two attached hydrogens (primary N) is 1. The molecule has 170 valence electrons. The number of nitrogens with one attached hydrogen (secondary N) is 3. The molecule has 4 rings (SSSR count). The van der Waals surface area contributed by atoms with E-state index in [1.165, 1.54) is 0 Å². The molecule has 0 radical (unpaired) electrons. The zero-order valence-corrected chi connectivity index (χ0v) is 18.1. The minimum atomic E-state index is -0.587. The highest BCUT2D eigenvalue weighted by atomic mass is 19.1. The third kappa shape index (κ3) is 4.69. The van der Waals surface area contributed by atoms with Gasteiger partial charge in [-0.2, -0.15) is 4.98 Å². The first-order chi connectivity index (χ1) is 16.0. The molecule has 1 aromatic heterocycles. The van der Waals surface area contributed by atoms with Crippen molar-refractivity contribution in [3.05, 3.63) is 59.5 Å². The monoisotopic (exact) mass is 449 g/mol. The summed E-state index contributed by atoms with van der Waals surface area (Å²) in [5.74, 6) is -0.298. The van der Waals surface area contributed by atoms with Crippen LogP contribution in [0, 0.1) is 11.2 Å². The summed E-state index contributed by atoms with van der Waals surface area (Å²) in [5.41, 5.74) is 9.71. The smallest absolute Gasteiger partial charge is 0.411 e. The topological polar surface area (TPSA) is 129 Å². The quantitative estimate of drug-likeness (QED) is 0.283. The van der Waals surface area contributed by atoms with Crippen molar-refractivity contribution in [2.24, 2.45) is 0 Å². The van der Waals surface area contributed by atoms with Gasteiger partial charge >= 0.3 is 6.09 Å². The zero-order chi connectivity index (χ0) is 23.4. The van der Waals surface area contributed by atoms with E-state index in [-0.39, 0.29) is 18.4 Å². The average molecular weight is 449 g/mol. The number of carbonyl (C=O) groups excluding carboxylic acids is 1. The van der Waals surface area contributed by atoms with Gasteiger partial charge in [-0.1, -0.05) is 19.4 Å². The lowest BCUT2D eigenvalue weighted by atomic mass is 10.1. The van der Waals surface area contributed by atoms with Gasteiger partial charge in [0, 0.05) is 35.3 Å². The number of rotatable bonds is 8. The highest BCUT2D eigenvalue weighted by Crippen LogP contribution is 2.33. The summed E-state index contributed by atoms with van der Waals surface area (Å²) < 4.78 is 19.9. The Bertz CT molecular complexity index is 1200. The molecule has 0 aliphatic carbocycles. The Kier molecular flexibility index (Phi) is 6.34. The van der Waals surface area contributed by atoms with E-state index in [4.69, 9.17) is 15.9 Å². The van der Waals surface area contributed by atoms with Crippen LogP contribution >= 0.6 is 0 Å². The summed E-state index contributed by atoms with van der Waals surface area (Å²) >= 11 is 0. The zero-order valence-electron chi connectivity index (χ0n) is 18.1.